The number of amidine groups is 2. The smallest absolute Gasteiger partial charge is 0.527 e. The van der Waals surface area contributed by atoms with E-state index in [1.807, 2.05) is 77.9 Å². The van der Waals surface area contributed by atoms with Crippen molar-refractivity contribution in [2.75, 3.05) is 0 Å². The Morgan fingerprint density at radius 1 is 0.897 bits per heavy atom. The fraction of sp³-hybridized carbons (Fsp3) is 0.391. The minimum atomic E-state index is -0.194. The summed E-state index contributed by atoms with van der Waals surface area (Å²) in [5, 5.41) is 12.6. The molecule has 0 radical (unpaired) electrons. The van der Waals surface area contributed by atoms with E-state index in [-0.39, 0.29) is 66.5 Å². The molecule has 0 fully saturated rings. The van der Waals surface area contributed by atoms with Crippen LogP contribution in [0.3, 0.4) is 0 Å². The van der Waals surface area contributed by atoms with E-state index >= 15 is 0 Å². The number of nitrogens with zero attached hydrogens (tertiary/aromatic N) is 2. The first-order valence-electron chi connectivity index (χ1n) is 8.58. The zero-order valence-corrected chi connectivity index (χ0v) is 23.2. The molecule has 4 nitrogen and oxygen atoms in total. The van der Waals surface area contributed by atoms with Gasteiger partial charge in [0.1, 0.15) is 0 Å². The fourth-order valence-electron chi connectivity index (χ4n) is 1.90. The third-order valence-corrected chi connectivity index (χ3v) is 2.87. The van der Waals surface area contributed by atoms with Crippen LogP contribution in [0.1, 0.15) is 60.1 Å². The molecule has 2 aromatic carbocycles. The molecule has 0 aliphatic rings. The van der Waals surface area contributed by atoms with Crippen molar-refractivity contribution in [3.63, 3.8) is 0 Å². The van der Waals surface area contributed by atoms with E-state index in [2.05, 4.69) is 22.4 Å². The first kappa shape index (κ1) is 32.4. The molecule has 0 saturated heterocycles. The van der Waals surface area contributed by atoms with Crippen LogP contribution in [0.15, 0.2) is 53.5 Å². The molecule has 0 aliphatic heterocycles. The van der Waals surface area contributed by atoms with Gasteiger partial charge in [0.2, 0.25) is 0 Å². The van der Waals surface area contributed by atoms with E-state index in [9.17, 15) is 5.41 Å². The molecule has 0 aromatic heterocycles. The van der Waals surface area contributed by atoms with Crippen LogP contribution in [0.2, 0.25) is 0 Å². The fourth-order valence-corrected chi connectivity index (χ4v) is 1.90. The molecule has 29 heavy (non-hydrogen) atoms. The van der Waals surface area contributed by atoms with E-state index in [1.165, 1.54) is 0 Å². The molecule has 6 heteroatoms. The molecule has 0 aliphatic carbocycles. The van der Waals surface area contributed by atoms with Gasteiger partial charge in [-0.25, -0.2) is 0 Å². The van der Waals surface area contributed by atoms with Crippen molar-refractivity contribution in [2.24, 2.45) is 4.99 Å². The van der Waals surface area contributed by atoms with Gasteiger partial charge in [-0.15, -0.1) is 60.7 Å². The Morgan fingerprint density at radius 3 is 1.69 bits per heavy atom. The van der Waals surface area contributed by atoms with Crippen LogP contribution < -0.4 is 5.32 Å². The van der Waals surface area contributed by atoms with Crippen LogP contribution in [-0.4, -0.2) is 22.7 Å². The van der Waals surface area contributed by atoms with Gasteiger partial charge in [0.05, 0.1) is 0 Å². The second-order valence-electron chi connectivity index (χ2n) is 7.91. The first-order valence-corrected chi connectivity index (χ1v) is 8.58. The van der Waals surface area contributed by atoms with Gasteiger partial charge in [-0.05, 0) is 11.1 Å². The number of aliphatic imine (C=N–C) groups is 1. The Balaban J connectivity index is -0.000000422. The number of rotatable bonds is 2. The summed E-state index contributed by atoms with van der Waals surface area (Å²) in [7, 11) is 0. The molecular formula is C23H32N4W2. The SMILES string of the molecule is C.CC(C)(C)N=C([NH-])c1[c-]cccc1.CC(C)(C)NC(=[N-])c1[c-]cccc1.[W+2].[W+2]. The van der Waals surface area contributed by atoms with E-state index < -0.39 is 0 Å². The Kier molecular flexibility index (Phi) is 16.4. The molecule has 0 spiro atoms. The minimum Gasteiger partial charge on any atom is -0.527 e. The summed E-state index contributed by atoms with van der Waals surface area (Å²) in [5.41, 5.74) is 8.80. The van der Waals surface area contributed by atoms with Crippen molar-refractivity contribution >= 4 is 11.7 Å². The summed E-state index contributed by atoms with van der Waals surface area (Å²) in [6, 6.07) is 20.6. The van der Waals surface area contributed by atoms with Gasteiger partial charge < -0.3 is 21.5 Å². The van der Waals surface area contributed by atoms with Crippen molar-refractivity contribution < 1.29 is 42.1 Å². The third-order valence-electron chi connectivity index (χ3n) is 2.87. The van der Waals surface area contributed by atoms with Crippen molar-refractivity contribution in [2.45, 2.75) is 60.0 Å². The van der Waals surface area contributed by atoms with Gasteiger partial charge in [-0.3, -0.25) is 0 Å². The van der Waals surface area contributed by atoms with Gasteiger partial charge in [-0.2, -0.15) is 22.8 Å². The van der Waals surface area contributed by atoms with E-state index in [0.29, 0.717) is 11.4 Å². The molecule has 0 heterocycles. The van der Waals surface area contributed by atoms with Crippen LogP contribution in [0.25, 0.3) is 11.1 Å². The quantitative estimate of drug-likeness (QED) is 0.233. The van der Waals surface area contributed by atoms with Gasteiger partial charge in [0.15, 0.2) is 0 Å². The normalized spacial score (nSPS) is 10.8. The van der Waals surface area contributed by atoms with Crippen LogP contribution >= 0.6 is 0 Å². The zero-order valence-electron chi connectivity index (χ0n) is 17.3. The third kappa shape index (κ3) is 15.3. The minimum absolute atomic E-state index is 0. The Labute approximate surface area is 206 Å². The van der Waals surface area contributed by atoms with Gasteiger partial charge in [-0.1, -0.05) is 49.0 Å². The molecule has 0 saturated carbocycles. The molecule has 2 aromatic rings. The average molecular weight is 732 g/mol. The summed E-state index contributed by atoms with van der Waals surface area (Å²) < 4.78 is 0. The van der Waals surface area contributed by atoms with Gasteiger partial charge in [0, 0.05) is 0 Å². The summed E-state index contributed by atoms with van der Waals surface area (Å²) in [5.74, 6) is 0.473. The maximum absolute atomic E-state index is 9.63. The van der Waals surface area contributed by atoms with Crippen LogP contribution in [0.5, 0.6) is 0 Å². The maximum Gasteiger partial charge on any atom is 2.00 e. The molecular weight excluding hydrogens is 700 g/mol. The van der Waals surface area contributed by atoms with Crippen molar-refractivity contribution in [3.05, 3.63) is 82.9 Å². The molecule has 0 unspecified atom stereocenters. The predicted molar refractivity (Wildman–Crippen MR) is 118 cm³/mol. The second-order valence-corrected chi connectivity index (χ2v) is 7.91. The maximum atomic E-state index is 9.63. The Bertz CT molecular complexity index is 716. The van der Waals surface area contributed by atoms with E-state index in [0.717, 1.165) is 5.56 Å². The molecule has 0 bridgehead atoms. The summed E-state index contributed by atoms with van der Waals surface area (Å²) in [6.07, 6.45) is 0. The van der Waals surface area contributed by atoms with Crippen molar-refractivity contribution in [3.8, 4) is 0 Å². The molecule has 156 valence electrons. The van der Waals surface area contributed by atoms with Crippen LogP contribution in [0.4, 0.5) is 0 Å². The molecule has 2 N–H and O–H groups in total. The van der Waals surface area contributed by atoms with Crippen molar-refractivity contribution in [1.29, 1.82) is 0 Å². The van der Waals surface area contributed by atoms with E-state index in [1.54, 1.807) is 12.1 Å². The second kappa shape index (κ2) is 14.7. The Morgan fingerprint density at radius 2 is 1.34 bits per heavy atom. The zero-order chi connectivity index (χ0) is 19.8. The monoisotopic (exact) mass is 732 g/mol. The first-order chi connectivity index (χ1) is 12.0. The topological polar surface area (TPSA) is 70.5 Å². The average Bonchev–Trinajstić information content (AvgIpc) is 2.54. The molecule has 0 amide bonds. The largest absolute Gasteiger partial charge is 2.00 e. The van der Waals surface area contributed by atoms with Crippen LogP contribution in [-0.2, 0) is 42.1 Å². The number of hydrogen-bond acceptors (Lipinski definition) is 1. The van der Waals surface area contributed by atoms with Gasteiger partial charge in [0.25, 0.3) is 0 Å². The van der Waals surface area contributed by atoms with Gasteiger partial charge >= 0.3 is 42.1 Å². The standard InChI is InChI=1S/2C11H14N2.CH4.2W/c2*1-11(2,3)13-10(12)9-7-5-4-6-8-9;;;/h2*4-7H,1-3H3,(H-,12,13);1H4;;/q2*-2;;2*+2. The summed E-state index contributed by atoms with van der Waals surface area (Å²) in [4.78, 5) is 4.23. The summed E-state index contributed by atoms with van der Waals surface area (Å²) in [6.45, 7) is 11.9. The summed E-state index contributed by atoms with van der Waals surface area (Å²) >= 11 is 0. The number of nitrogens with one attached hydrogen (secondary N) is 2. The van der Waals surface area contributed by atoms with Crippen LogP contribution in [0, 0.1) is 12.1 Å². The molecule has 2 rings (SSSR count). The van der Waals surface area contributed by atoms with Crippen molar-refractivity contribution in [1.82, 2.24) is 5.32 Å². The van der Waals surface area contributed by atoms with E-state index in [4.69, 9.17) is 5.73 Å². The Hall–Kier alpha value is -1.24. The number of hydrogen-bond donors (Lipinski definition) is 1. The molecule has 0 atom stereocenters. The number of benzene rings is 2. The predicted octanol–water partition coefficient (Wildman–Crippen LogP) is 5.91.